The van der Waals surface area contributed by atoms with Gasteiger partial charge in [-0.1, -0.05) is 30.3 Å². The Bertz CT molecular complexity index is 339. The number of hydrogen-bond acceptors (Lipinski definition) is 3. The van der Waals surface area contributed by atoms with Crippen LogP contribution in [0.15, 0.2) is 30.3 Å². The molecule has 3 unspecified atom stereocenters. The second-order valence-corrected chi connectivity index (χ2v) is 4.95. The summed E-state index contributed by atoms with van der Waals surface area (Å²) in [5.74, 6) is 0. The molecule has 1 heterocycles. The molecule has 3 heteroatoms. The molecule has 0 saturated carbocycles. The summed E-state index contributed by atoms with van der Waals surface area (Å²) in [5, 5.41) is 13.5. The van der Waals surface area contributed by atoms with Gasteiger partial charge in [0.25, 0.3) is 0 Å². The van der Waals surface area contributed by atoms with Crippen molar-refractivity contribution in [1.82, 2.24) is 10.2 Å². The van der Waals surface area contributed by atoms with E-state index in [2.05, 4.69) is 29.3 Å². The normalized spacial score (nSPS) is 25.5. The van der Waals surface area contributed by atoms with Gasteiger partial charge in [0.2, 0.25) is 0 Å². The molecule has 0 radical (unpaired) electrons. The Hall–Kier alpha value is -0.900. The Kier molecular flexibility index (Phi) is 4.15. The molecule has 1 fully saturated rings. The van der Waals surface area contributed by atoms with Gasteiger partial charge in [0, 0.05) is 25.7 Å². The minimum Gasteiger partial charge on any atom is -0.391 e. The second-order valence-electron chi connectivity index (χ2n) is 4.95. The van der Waals surface area contributed by atoms with Crippen LogP contribution < -0.4 is 5.32 Å². The first-order valence-corrected chi connectivity index (χ1v) is 6.39. The van der Waals surface area contributed by atoms with Crippen LogP contribution in [0.4, 0.5) is 0 Å². The lowest BCUT2D eigenvalue weighted by Gasteiger charge is -2.39. The van der Waals surface area contributed by atoms with Gasteiger partial charge in [-0.15, -0.1) is 0 Å². The van der Waals surface area contributed by atoms with Crippen LogP contribution in [0, 0.1) is 0 Å². The molecule has 17 heavy (non-hydrogen) atoms. The third kappa shape index (κ3) is 3.06. The van der Waals surface area contributed by atoms with Crippen molar-refractivity contribution in [2.45, 2.75) is 32.0 Å². The number of nitrogens with one attached hydrogen (secondary N) is 1. The van der Waals surface area contributed by atoms with Crippen LogP contribution in [-0.4, -0.2) is 41.8 Å². The Balaban J connectivity index is 2.17. The van der Waals surface area contributed by atoms with Gasteiger partial charge in [0.1, 0.15) is 0 Å². The highest BCUT2D eigenvalue weighted by atomic mass is 16.3. The van der Waals surface area contributed by atoms with Crippen molar-refractivity contribution < 1.29 is 5.11 Å². The maximum absolute atomic E-state index is 10.0. The second kappa shape index (κ2) is 5.63. The third-order valence-electron chi connectivity index (χ3n) is 3.39. The van der Waals surface area contributed by atoms with E-state index in [0.717, 1.165) is 19.6 Å². The number of benzene rings is 1. The molecule has 0 bridgehead atoms. The molecule has 3 atom stereocenters. The summed E-state index contributed by atoms with van der Waals surface area (Å²) in [6, 6.07) is 10.9. The topological polar surface area (TPSA) is 35.5 Å². The fourth-order valence-corrected chi connectivity index (χ4v) is 2.66. The molecule has 1 aromatic rings. The number of aliphatic hydroxyl groups excluding tert-OH is 1. The zero-order valence-corrected chi connectivity index (χ0v) is 10.6. The van der Waals surface area contributed by atoms with E-state index in [-0.39, 0.29) is 12.1 Å². The van der Waals surface area contributed by atoms with Crippen molar-refractivity contribution in [3.8, 4) is 0 Å². The highest BCUT2D eigenvalue weighted by molar-refractivity contribution is 5.20. The van der Waals surface area contributed by atoms with Crippen LogP contribution in [0.3, 0.4) is 0 Å². The van der Waals surface area contributed by atoms with Gasteiger partial charge in [-0.2, -0.15) is 0 Å². The average Bonchev–Trinajstić information content (AvgIpc) is 2.30. The van der Waals surface area contributed by atoms with Crippen LogP contribution >= 0.6 is 0 Å². The number of nitrogens with zero attached hydrogens (tertiary/aromatic N) is 1. The first-order chi connectivity index (χ1) is 8.18. The van der Waals surface area contributed by atoms with Crippen molar-refractivity contribution >= 4 is 0 Å². The lowest BCUT2D eigenvalue weighted by atomic mass is 9.99. The van der Waals surface area contributed by atoms with Gasteiger partial charge in [0.15, 0.2) is 0 Å². The number of piperazine rings is 1. The van der Waals surface area contributed by atoms with E-state index in [9.17, 15) is 5.11 Å². The van der Waals surface area contributed by atoms with E-state index in [0.29, 0.717) is 6.04 Å². The molecule has 1 aliphatic heterocycles. The summed E-state index contributed by atoms with van der Waals surface area (Å²) < 4.78 is 0. The first-order valence-electron chi connectivity index (χ1n) is 6.39. The van der Waals surface area contributed by atoms with Gasteiger partial charge < -0.3 is 10.4 Å². The van der Waals surface area contributed by atoms with E-state index in [1.807, 2.05) is 25.1 Å². The summed E-state index contributed by atoms with van der Waals surface area (Å²) in [5.41, 5.74) is 1.21. The predicted octanol–water partition coefficient (Wildman–Crippen LogP) is 1.40. The maximum Gasteiger partial charge on any atom is 0.0708 e. The van der Waals surface area contributed by atoms with Gasteiger partial charge in [-0.3, -0.25) is 4.90 Å². The van der Waals surface area contributed by atoms with Crippen molar-refractivity contribution in [2.24, 2.45) is 0 Å². The molecule has 3 nitrogen and oxygen atoms in total. The van der Waals surface area contributed by atoms with Crippen LogP contribution in [0.5, 0.6) is 0 Å². The third-order valence-corrected chi connectivity index (χ3v) is 3.39. The zero-order chi connectivity index (χ0) is 12.3. The summed E-state index contributed by atoms with van der Waals surface area (Å²) in [6.45, 7) is 7.05. The summed E-state index contributed by atoms with van der Waals surface area (Å²) in [6.07, 6.45) is -0.345. The molecule has 0 spiro atoms. The first kappa shape index (κ1) is 12.6. The molecule has 94 valence electrons. The molecule has 1 aliphatic rings. The Morgan fingerprint density at radius 3 is 2.65 bits per heavy atom. The largest absolute Gasteiger partial charge is 0.391 e. The molecule has 0 aliphatic carbocycles. The molecule has 1 saturated heterocycles. The van der Waals surface area contributed by atoms with E-state index in [1.165, 1.54) is 5.56 Å². The molecule has 2 N–H and O–H groups in total. The minimum absolute atomic E-state index is 0.112. The van der Waals surface area contributed by atoms with Crippen molar-refractivity contribution in [3.63, 3.8) is 0 Å². The van der Waals surface area contributed by atoms with E-state index >= 15 is 0 Å². The highest BCUT2D eigenvalue weighted by Gasteiger charge is 2.27. The van der Waals surface area contributed by atoms with Crippen LogP contribution in [0.25, 0.3) is 0 Å². The zero-order valence-electron chi connectivity index (χ0n) is 10.6. The number of rotatable bonds is 3. The van der Waals surface area contributed by atoms with Crippen molar-refractivity contribution in [1.29, 1.82) is 0 Å². The number of hydrogen-bond donors (Lipinski definition) is 2. The maximum atomic E-state index is 10.0. The van der Waals surface area contributed by atoms with Crippen molar-refractivity contribution in [3.05, 3.63) is 35.9 Å². The van der Waals surface area contributed by atoms with Gasteiger partial charge in [-0.05, 0) is 19.4 Å². The molecule has 0 amide bonds. The monoisotopic (exact) mass is 234 g/mol. The van der Waals surface area contributed by atoms with Crippen LogP contribution in [0.2, 0.25) is 0 Å². The van der Waals surface area contributed by atoms with Crippen LogP contribution in [0.1, 0.15) is 25.5 Å². The predicted molar refractivity (Wildman–Crippen MR) is 69.9 cm³/mol. The lowest BCUT2D eigenvalue weighted by molar-refractivity contribution is 0.0438. The van der Waals surface area contributed by atoms with E-state index in [4.69, 9.17) is 0 Å². The molecular weight excluding hydrogens is 212 g/mol. The SMILES string of the molecule is CC1CN(C(c2ccccc2)C(C)O)CCN1. The van der Waals surface area contributed by atoms with E-state index < -0.39 is 0 Å². The molecular formula is C14H22N2O. The van der Waals surface area contributed by atoms with E-state index in [1.54, 1.807) is 0 Å². The quantitative estimate of drug-likeness (QED) is 0.830. The number of aliphatic hydroxyl groups is 1. The minimum atomic E-state index is -0.345. The fraction of sp³-hybridized carbons (Fsp3) is 0.571. The molecule has 1 aromatic carbocycles. The molecule has 0 aromatic heterocycles. The van der Waals surface area contributed by atoms with Gasteiger partial charge in [0.05, 0.1) is 12.1 Å². The van der Waals surface area contributed by atoms with Crippen molar-refractivity contribution in [2.75, 3.05) is 19.6 Å². The Morgan fingerprint density at radius 2 is 2.06 bits per heavy atom. The lowest BCUT2D eigenvalue weighted by Crippen LogP contribution is -2.52. The Morgan fingerprint density at radius 1 is 1.35 bits per heavy atom. The van der Waals surface area contributed by atoms with Crippen LogP contribution in [-0.2, 0) is 0 Å². The van der Waals surface area contributed by atoms with Gasteiger partial charge in [-0.25, -0.2) is 0 Å². The average molecular weight is 234 g/mol. The summed E-state index contributed by atoms with van der Waals surface area (Å²) in [7, 11) is 0. The summed E-state index contributed by atoms with van der Waals surface area (Å²) in [4.78, 5) is 2.38. The molecule has 2 rings (SSSR count). The van der Waals surface area contributed by atoms with Gasteiger partial charge >= 0.3 is 0 Å². The highest BCUT2D eigenvalue weighted by Crippen LogP contribution is 2.25. The summed E-state index contributed by atoms with van der Waals surface area (Å²) >= 11 is 0. The Labute approximate surface area is 103 Å². The smallest absolute Gasteiger partial charge is 0.0708 e. The standard InChI is InChI=1S/C14H22N2O/c1-11-10-16(9-8-15-11)14(12(2)17)13-6-4-3-5-7-13/h3-7,11-12,14-15,17H,8-10H2,1-2H3. The fourth-order valence-electron chi connectivity index (χ4n) is 2.66.